The highest BCUT2D eigenvalue weighted by atomic mass is 19.2. The van der Waals surface area contributed by atoms with E-state index in [2.05, 4.69) is 0 Å². The second kappa shape index (κ2) is 7.33. The quantitative estimate of drug-likeness (QED) is 0.315. The molecule has 2 aromatic rings. The van der Waals surface area contributed by atoms with Gasteiger partial charge in [0.05, 0.1) is 0 Å². The summed E-state index contributed by atoms with van der Waals surface area (Å²) in [5.41, 5.74) is -3.52. The highest BCUT2D eigenvalue weighted by Crippen LogP contribution is 2.30. The summed E-state index contributed by atoms with van der Waals surface area (Å²) in [5, 5.41) is 0. The maximum Gasteiger partial charge on any atom is 0.232 e. The fourth-order valence-corrected chi connectivity index (χ4v) is 2.81. The topological polar surface area (TPSA) is 0 Å². The summed E-state index contributed by atoms with van der Waals surface area (Å²) in [4.78, 5) is 0. The van der Waals surface area contributed by atoms with Crippen LogP contribution in [-0.2, 0) is 0 Å². The lowest BCUT2D eigenvalue weighted by molar-refractivity contribution is 0.382. The molecule has 1 aliphatic carbocycles. The van der Waals surface area contributed by atoms with Gasteiger partial charge in [0.25, 0.3) is 0 Å². The second-order valence-corrected chi connectivity index (χ2v) is 5.62. The van der Waals surface area contributed by atoms with Gasteiger partial charge in [-0.05, 0) is 31.5 Å². The molecule has 1 aliphatic rings. The van der Waals surface area contributed by atoms with Gasteiger partial charge in [-0.2, -0.15) is 0 Å². The van der Waals surface area contributed by atoms with Crippen LogP contribution >= 0.6 is 0 Å². The molecule has 0 unspecified atom stereocenters. The largest absolute Gasteiger partial charge is 0.232 e. The lowest BCUT2D eigenvalue weighted by atomic mass is 9.32. The van der Waals surface area contributed by atoms with Gasteiger partial charge < -0.3 is 0 Å². The third-order valence-electron chi connectivity index (χ3n) is 4.09. The summed E-state index contributed by atoms with van der Waals surface area (Å²) < 4.78 is 138. The number of rotatable bonds is 3. The van der Waals surface area contributed by atoms with Crippen LogP contribution in [0.5, 0.6) is 0 Å². The summed E-state index contributed by atoms with van der Waals surface area (Å²) in [5.74, 6) is -25.2. The minimum absolute atomic E-state index is 0.466. The van der Waals surface area contributed by atoms with Gasteiger partial charge in [0.15, 0.2) is 58.2 Å². The fraction of sp³-hybridized carbons (Fsp3) is 0. The Balaban J connectivity index is 2.40. The molecule has 1 saturated carbocycles. The Hall–Kier alpha value is -2.20. The minimum Gasteiger partial charge on any atom is -0.204 e. The van der Waals surface area contributed by atoms with Crippen LogP contribution in [0.2, 0.25) is 0 Å². The van der Waals surface area contributed by atoms with Crippen molar-refractivity contribution in [3.63, 3.8) is 0 Å². The number of benzene rings is 2. The number of halogens is 10. The van der Waals surface area contributed by atoms with Crippen LogP contribution < -0.4 is 10.9 Å². The Morgan fingerprint density at radius 2 is 0.643 bits per heavy atom. The van der Waals surface area contributed by atoms with Crippen LogP contribution in [0.1, 0.15) is 0 Å². The van der Waals surface area contributed by atoms with E-state index in [0.717, 1.165) is 12.8 Å². The molecule has 0 amide bonds. The SMILES string of the molecule is Fc1c(F)c(F)c(B([C]2[CH][CH][CH][CH]2)c2c(F)c(F)c(F)c(F)c2F)c(F)c1F. The van der Waals surface area contributed by atoms with E-state index in [9.17, 15) is 43.9 Å². The normalized spacial score (nSPS) is 14.8. The maximum absolute atomic E-state index is 14.2. The third-order valence-corrected chi connectivity index (χ3v) is 4.09. The van der Waals surface area contributed by atoms with E-state index >= 15 is 0 Å². The van der Waals surface area contributed by atoms with E-state index in [1.54, 1.807) is 0 Å². The predicted molar refractivity (Wildman–Crippen MR) is 77.9 cm³/mol. The van der Waals surface area contributed by atoms with Crippen molar-refractivity contribution in [1.29, 1.82) is 0 Å². The monoisotopic (exact) mass is 409 g/mol. The van der Waals surface area contributed by atoms with Crippen molar-refractivity contribution in [2.75, 3.05) is 0 Å². The first-order valence-electron chi connectivity index (χ1n) is 7.33. The molecule has 0 spiro atoms. The van der Waals surface area contributed by atoms with Crippen LogP contribution in [0.3, 0.4) is 0 Å². The molecule has 11 heteroatoms. The molecule has 145 valence electrons. The molecule has 0 heterocycles. The molecule has 0 N–H and O–H groups in total. The highest BCUT2D eigenvalue weighted by Gasteiger charge is 2.44. The van der Waals surface area contributed by atoms with Gasteiger partial charge in [-0.1, -0.05) is 0 Å². The van der Waals surface area contributed by atoms with Crippen LogP contribution in [0.25, 0.3) is 0 Å². The molecule has 1 fully saturated rings. The van der Waals surface area contributed by atoms with Crippen LogP contribution in [0, 0.1) is 89.7 Å². The van der Waals surface area contributed by atoms with Crippen molar-refractivity contribution in [3.8, 4) is 0 Å². The molecule has 0 nitrogen and oxygen atoms in total. The molecule has 0 bridgehead atoms. The molecular formula is C17H4BF10. The van der Waals surface area contributed by atoms with Crippen molar-refractivity contribution < 1.29 is 43.9 Å². The van der Waals surface area contributed by atoms with Crippen LogP contribution in [0.4, 0.5) is 43.9 Å². The summed E-state index contributed by atoms with van der Waals surface area (Å²) in [7, 11) is 0. The van der Waals surface area contributed by atoms with Crippen LogP contribution in [0.15, 0.2) is 0 Å². The van der Waals surface area contributed by atoms with E-state index in [4.69, 9.17) is 0 Å². The van der Waals surface area contributed by atoms with Gasteiger partial charge in [-0.25, -0.2) is 43.9 Å². The Bertz CT molecular complexity index is 824. The zero-order chi connectivity index (χ0) is 20.9. The lowest BCUT2D eigenvalue weighted by Crippen LogP contribution is -2.54. The molecule has 0 atom stereocenters. The van der Waals surface area contributed by atoms with E-state index < -0.39 is 81.6 Å². The Kier molecular flexibility index (Phi) is 5.37. The van der Waals surface area contributed by atoms with Gasteiger partial charge in [0.2, 0.25) is 6.71 Å². The Morgan fingerprint density at radius 1 is 0.393 bits per heavy atom. The summed E-state index contributed by atoms with van der Waals surface area (Å²) in [6, 6.07) is 0. The van der Waals surface area contributed by atoms with Crippen molar-refractivity contribution in [2.24, 2.45) is 0 Å². The van der Waals surface area contributed by atoms with E-state index in [0.29, 0.717) is 0 Å². The zero-order valence-electron chi connectivity index (χ0n) is 13.2. The van der Waals surface area contributed by atoms with E-state index in [1.165, 1.54) is 12.8 Å². The average molecular weight is 409 g/mol. The Morgan fingerprint density at radius 3 is 0.929 bits per heavy atom. The lowest BCUT2D eigenvalue weighted by Gasteiger charge is -2.23. The molecule has 0 saturated heterocycles. The fourth-order valence-electron chi connectivity index (χ4n) is 2.81. The van der Waals surface area contributed by atoms with Crippen molar-refractivity contribution in [2.45, 2.75) is 0 Å². The van der Waals surface area contributed by atoms with Crippen molar-refractivity contribution in [3.05, 3.63) is 89.7 Å². The molecule has 0 aromatic heterocycles. The van der Waals surface area contributed by atoms with E-state index in [1.807, 2.05) is 0 Å². The van der Waals surface area contributed by atoms with Gasteiger partial charge >= 0.3 is 0 Å². The molecule has 0 aliphatic heterocycles. The summed E-state index contributed by atoms with van der Waals surface area (Å²) >= 11 is 0. The average Bonchev–Trinajstić information content (AvgIpc) is 3.21. The predicted octanol–water partition coefficient (Wildman–Crippen LogP) is 3.63. The van der Waals surface area contributed by atoms with Gasteiger partial charge in [0.1, 0.15) is 0 Å². The van der Waals surface area contributed by atoms with Gasteiger partial charge in [-0.3, -0.25) is 0 Å². The first-order chi connectivity index (χ1) is 13.1. The third kappa shape index (κ3) is 2.95. The zero-order valence-corrected chi connectivity index (χ0v) is 13.2. The maximum atomic E-state index is 14.2. The summed E-state index contributed by atoms with van der Waals surface area (Å²) in [6.07, 6.45) is 4.25. The molecule has 3 rings (SSSR count). The van der Waals surface area contributed by atoms with Gasteiger partial charge in [-0.15, -0.1) is 0 Å². The summed E-state index contributed by atoms with van der Waals surface area (Å²) in [6.45, 7) is -2.51. The molecule has 2 aromatic carbocycles. The molecule has 5 radical (unpaired) electrons. The van der Waals surface area contributed by atoms with E-state index in [-0.39, 0.29) is 0 Å². The smallest absolute Gasteiger partial charge is 0.204 e. The highest BCUT2D eigenvalue weighted by molar-refractivity contribution is 6.90. The molecule has 28 heavy (non-hydrogen) atoms. The van der Waals surface area contributed by atoms with Crippen LogP contribution in [-0.4, -0.2) is 6.71 Å². The van der Waals surface area contributed by atoms with Gasteiger partial charge in [0, 0.05) is 10.9 Å². The van der Waals surface area contributed by atoms with Crippen molar-refractivity contribution in [1.82, 2.24) is 0 Å². The standard InChI is InChI=1S/C17H4BF10/c19-8-6(9(20)13(24)16(27)12(8)23)18(5-3-1-2-4-5)7-10(21)14(25)17(28)15(26)11(7)22/h1-4H. The number of hydrogen-bond acceptors (Lipinski definition) is 0. The first kappa shape index (κ1) is 20.5. The Labute approximate surface area is 152 Å². The molecular weight excluding hydrogens is 405 g/mol. The van der Waals surface area contributed by atoms with Crippen molar-refractivity contribution >= 4 is 17.6 Å². The number of hydrogen-bond donors (Lipinski definition) is 0. The second-order valence-electron chi connectivity index (χ2n) is 5.62. The first-order valence-corrected chi connectivity index (χ1v) is 7.33. The minimum atomic E-state index is -2.54.